The van der Waals surface area contributed by atoms with E-state index in [0.717, 1.165) is 0 Å². The second kappa shape index (κ2) is 10.2. The summed E-state index contributed by atoms with van der Waals surface area (Å²) in [6, 6.07) is 0. The Labute approximate surface area is 150 Å². The minimum Gasteiger partial charge on any atom is -0.425 e. The molecule has 0 aliphatic carbocycles. The lowest BCUT2D eigenvalue weighted by atomic mass is 10.2. The molecule has 0 saturated carbocycles. The molecule has 1 unspecified atom stereocenters. The number of esters is 1. The van der Waals surface area contributed by atoms with E-state index in [9.17, 15) is 24.0 Å². The van der Waals surface area contributed by atoms with Crippen LogP contribution < -0.4 is 5.32 Å². The van der Waals surface area contributed by atoms with Gasteiger partial charge in [0, 0.05) is 38.3 Å². The summed E-state index contributed by atoms with van der Waals surface area (Å²) < 4.78 is 9.50. The lowest BCUT2D eigenvalue weighted by Crippen LogP contribution is -2.34. The Kier molecular flexibility index (Phi) is 8.26. The summed E-state index contributed by atoms with van der Waals surface area (Å²) in [6.45, 7) is 6.78. The molecular formula is C16H22N2O8. The Morgan fingerprint density at radius 3 is 2.35 bits per heavy atom. The number of amides is 3. The number of nitrogens with one attached hydrogen (secondary N) is 1. The summed E-state index contributed by atoms with van der Waals surface area (Å²) in [7, 11) is 0. The van der Waals surface area contributed by atoms with Crippen molar-refractivity contribution < 1.29 is 38.3 Å². The maximum absolute atomic E-state index is 11.6. The molecule has 0 aromatic carbocycles. The second-order valence-electron chi connectivity index (χ2n) is 5.59. The van der Waals surface area contributed by atoms with Crippen LogP contribution in [0.5, 0.6) is 0 Å². The van der Waals surface area contributed by atoms with Crippen molar-refractivity contribution in [2.45, 2.75) is 52.2 Å². The summed E-state index contributed by atoms with van der Waals surface area (Å²) in [5.74, 6) is -2.14. The minimum atomic E-state index is -1.32. The first-order chi connectivity index (χ1) is 12.2. The van der Waals surface area contributed by atoms with Crippen LogP contribution in [0.4, 0.5) is 4.79 Å². The molecule has 1 heterocycles. The summed E-state index contributed by atoms with van der Waals surface area (Å²) in [5, 5.41) is 2.96. The fraction of sp³-hybridized carbons (Fsp3) is 0.562. The van der Waals surface area contributed by atoms with Crippen LogP contribution in [0.25, 0.3) is 0 Å². The zero-order valence-corrected chi connectivity index (χ0v) is 14.7. The van der Waals surface area contributed by atoms with Gasteiger partial charge in [0.1, 0.15) is 0 Å². The molecule has 1 saturated heterocycles. The van der Waals surface area contributed by atoms with E-state index in [4.69, 9.17) is 4.74 Å². The number of rotatable bonds is 9. The van der Waals surface area contributed by atoms with Gasteiger partial charge in [-0.3, -0.25) is 24.0 Å². The van der Waals surface area contributed by atoms with E-state index in [1.165, 1.54) is 6.92 Å². The Bertz CT molecular complexity index is 585. The quantitative estimate of drug-likeness (QED) is 0.209. The van der Waals surface area contributed by atoms with E-state index in [1.54, 1.807) is 6.92 Å². The number of unbranched alkanes of at least 4 members (excludes halogenated alkanes) is 1. The molecule has 0 aromatic heterocycles. The van der Waals surface area contributed by atoms with Crippen molar-refractivity contribution in [3.8, 4) is 0 Å². The van der Waals surface area contributed by atoms with Gasteiger partial charge in [0.05, 0.1) is 0 Å². The number of hydrogen-bond donors (Lipinski definition) is 1. The predicted octanol–water partition coefficient (Wildman–Crippen LogP) is 0.955. The SMILES string of the molecule is C=C(C)C(=O)NCCCCC(=O)OC(C)OC(=O)ON1C(=O)CCC1=O. The molecule has 0 aromatic rings. The number of hydrogen-bond acceptors (Lipinski definition) is 8. The standard InChI is InChI=1S/C16H22N2O8/c1-10(2)15(22)17-9-5-4-6-14(21)24-11(3)25-16(23)26-18-12(19)7-8-13(18)20/h11H,1,4-9H2,2-3H3,(H,17,22). The van der Waals surface area contributed by atoms with E-state index >= 15 is 0 Å². The van der Waals surface area contributed by atoms with Crippen LogP contribution in [-0.4, -0.2) is 47.7 Å². The zero-order chi connectivity index (χ0) is 19.7. The van der Waals surface area contributed by atoms with Crippen molar-refractivity contribution >= 4 is 29.8 Å². The second-order valence-corrected chi connectivity index (χ2v) is 5.59. The molecule has 1 aliphatic rings. The summed E-state index contributed by atoms with van der Waals surface area (Å²) in [4.78, 5) is 61.4. The fourth-order valence-corrected chi connectivity index (χ4v) is 1.90. The number of hydroxylamine groups is 2. The van der Waals surface area contributed by atoms with Crippen LogP contribution in [-0.2, 0) is 33.5 Å². The van der Waals surface area contributed by atoms with Gasteiger partial charge in [0.2, 0.25) is 12.2 Å². The number of carbonyl (C=O) groups excluding carboxylic acids is 5. The summed E-state index contributed by atoms with van der Waals surface area (Å²) >= 11 is 0. The topological polar surface area (TPSA) is 128 Å². The van der Waals surface area contributed by atoms with Gasteiger partial charge >= 0.3 is 12.1 Å². The van der Waals surface area contributed by atoms with Gasteiger partial charge in [-0.2, -0.15) is 0 Å². The van der Waals surface area contributed by atoms with Crippen molar-refractivity contribution in [3.63, 3.8) is 0 Å². The molecule has 1 rings (SSSR count). The van der Waals surface area contributed by atoms with Crippen LogP contribution in [0, 0.1) is 0 Å². The normalized spacial score (nSPS) is 14.6. The Morgan fingerprint density at radius 2 is 1.77 bits per heavy atom. The lowest BCUT2D eigenvalue weighted by Gasteiger charge is -2.16. The van der Waals surface area contributed by atoms with E-state index in [1.807, 2.05) is 0 Å². The Balaban J connectivity index is 2.18. The van der Waals surface area contributed by atoms with Crippen molar-refractivity contribution in [1.82, 2.24) is 10.4 Å². The van der Waals surface area contributed by atoms with Gasteiger partial charge in [0.25, 0.3) is 11.8 Å². The van der Waals surface area contributed by atoms with Crippen molar-refractivity contribution in [3.05, 3.63) is 12.2 Å². The molecule has 0 radical (unpaired) electrons. The van der Waals surface area contributed by atoms with Crippen LogP contribution in [0.15, 0.2) is 12.2 Å². The molecule has 10 heteroatoms. The first-order valence-corrected chi connectivity index (χ1v) is 8.08. The van der Waals surface area contributed by atoms with E-state index in [-0.39, 0.29) is 25.2 Å². The van der Waals surface area contributed by atoms with Gasteiger partial charge in [-0.15, -0.1) is 0 Å². The smallest absolute Gasteiger partial charge is 0.425 e. The van der Waals surface area contributed by atoms with Gasteiger partial charge < -0.3 is 14.8 Å². The molecule has 1 aliphatic heterocycles. The molecule has 26 heavy (non-hydrogen) atoms. The van der Waals surface area contributed by atoms with Gasteiger partial charge in [-0.05, 0) is 19.8 Å². The third-order valence-electron chi connectivity index (χ3n) is 3.21. The highest BCUT2D eigenvalue weighted by atomic mass is 16.9. The summed E-state index contributed by atoms with van der Waals surface area (Å²) in [6.07, 6.45) is -1.56. The number of nitrogens with zero attached hydrogens (tertiary/aromatic N) is 1. The monoisotopic (exact) mass is 370 g/mol. The minimum absolute atomic E-state index is 0.0382. The Morgan fingerprint density at radius 1 is 1.15 bits per heavy atom. The van der Waals surface area contributed by atoms with Crippen LogP contribution in [0.2, 0.25) is 0 Å². The first-order valence-electron chi connectivity index (χ1n) is 8.08. The van der Waals surface area contributed by atoms with Crippen LogP contribution in [0.1, 0.15) is 46.0 Å². The fourth-order valence-electron chi connectivity index (χ4n) is 1.90. The highest BCUT2D eigenvalue weighted by Crippen LogP contribution is 2.13. The lowest BCUT2D eigenvalue weighted by molar-refractivity contribution is -0.191. The highest BCUT2D eigenvalue weighted by molar-refractivity contribution is 6.01. The molecular weight excluding hydrogens is 348 g/mol. The van der Waals surface area contributed by atoms with Gasteiger partial charge in [0.15, 0.2) is 0 Å². The zero-order valence-electron chi connectivity index (χ0n) is 14.7. The van der Waals surface area contributed by atoms with Gasteiger partial charge in [-0.1, -0.05) is 11.6 Å². The van der Waals surface area contributed by atoms with Crippen LogP contribution >= 0.6 is 0 Å². The third kappa shape index (κ3) is 7.32. The van der Waals surface area contributed by atoms with Crippen molar-refractivity contribution in [1.29, 1.82) is 0 Å². The Hall–Kier alpha value is -2.91. The molecule has 144 valence electrons. The van der Waals surface area contributed by atoms with Crippen LogP contribution in [0.3, 0.4) is 0 Å². The maximum atomic E-state index is 11.6. The number of carbonyl (C=O) groups is 5. The summed E-state index contributed by atoms with van der Waals surface area (Å²) in [5.41, 5.74) is 0.402. The number of ether oxygens (including phenoxy) is 2. The van der Waals surface area contributed by atoms with Crippen molar-refractivity contribution in [2.75, 3.05) is 6.54 Å². The molecule has 10 nitrogen and oxygen atoms in total. The average molecular weight is 370 g/mol. The molecule has 0 bridgehead atoms. The third-order valence-corrected chi connectivity index (χ3v) is 3.21. The highest BCUT2D eigenvalue weighted by Gasteiger charge is 2.34. The van der Waals surface area contributed by atoms with E-state index in [0.29, 0.717) is 30.0 Å². The van der Waals surface area contributed by atoms with E-state index in [2.05, 4.69) is 21.5 Å². The van der Waals surface area contributed by atoms with Crippen molar-refractivity contribution in [2.24, 2.45) is 0 Å². The molecule has 3 amide bonds. The molecule has 0 spiro atoms. The van der Waals surface area contributed by atoms with Gasteiger partial charge in [-0.25, -0.2) is 4.79 Å². The average Bonchev–Trinajstić information content (AvgIpc) is 2.85. The largest absolute Gasteiger partial charge is 0.537 e. The maximum Gasteiger partial charge on any atom is 0.537 e. The number of imide groups is 1. The van der Waals surface area contributed by atoms with E-state index < -0.39 is 30.2 Å². The first kappa shape index (κ1) is 21.1. The molecule has 1 N–H and O–H groups in total. The predicted molar refractivity (Wildman–Crippen MR) is 85.9 cm³/mol. The molecule has 1 atom stereocenters. The molecule has 1 fully saturated rings.